The van der Waals surface area contributed by atoms with E-state index in [0.717, 1.165) is 0 Å². The number of carbonyl (C=O) groups excluding carboxylic acids is 1. The standard InChI is InChI=1S/C18H14BrClN2O3/c1-10-12(7-11-8-13(19)17(23)16(9-11)25-2)18(24)22(21-10)15-6-4-3-5-14(15)20/h3-9,23H,1-2H3/b12-7-. The van der Waals surface area contributed by atoms with Gasteiger partial charge in [0.2, 0.25) is 0 Å². The minimum Gasteiger partial charge on any atom is -0.503 e. The Morgan fingerprint density at radius 2 is 2.04 bits per heavy atom. The van der Waals surface area contributed by atoms with Gasteiger partial charge in [0.05, 0.1) is 33.6 Å². The molecule has 0 saturated heterocycles. The summed E-state index contributed by atoms with van der Waals surface area (Å²) in [6, 6.07) is 10.4. The number of para-hydroxylation sites is 1. The van der Waals surface area contributed by atoms with Crippen LogP contribution in [-0.2, 0) is 4.79 Å². The van der Waals surface area contributed by atoms with E-state index in [1.807, 2.05) is 0 Å². The van der Waals surface area contributed by atoms with E-state index in [1.54, 1.807) is 49.4 Å². The number of methoxy groups -OCH3 is 1. The van der Waals surface area contributed by atoms with Gasteiger partial charge in [0.1, 0.15) is 0 Å². The number of amides is 1. The Hall–Kier alpha value is -2.31. The highest BCUT2D eigenvalue weighted by molar-refractivity contribution is 9.10. The summed E-state index contributed by atoms with van der Waals surface area (Å²) in [5.74, 6) is 0.0449. The Kier molecular flexibility index (Phi) is 4.83. The number of halogens is 2. The molecule has 0 fully saturated rings. The number of phenols is 1. The predicted molar refractivity (Wildman–Crippen MR) is 102 cm³/mol. The molecule has 3 rings (SSSR count). The molecule has 128 valence electrons. The quantitative estimate of drug-likeness (QED) is 0.735. The molecule has 0 atom stereocenters. The van der Waals surface area contributed by atoms with Crippen LogP contribution in [0.4, 0.5) is 5.69 Å². The van der Waals surface area contributed by atoms with Gasteiger partial charge >= 0.3 is 0 Å². The van der Waals surface area contributed by atoms with Crippen molar-refractivity contribution in [1.29, 1.82) is 0 Å². The molecule has 0 spiro atoms. The number of rotatable bonds is 3. The number of nitrogens with zero attached hydrogens (tertiary/aromatic N) is 2. The molecule has 2 aromatic carbocycles. The van der Waals surface area contributed by atoms with Crippen LogP contribution < -0.4 is 9.75 Å². The number of benzene rings is 2. The van der Waals surface area contributed by atoms with Crippen LogP contribution in [0, 0.1) is 0 Å². The first-order valence-corrected chi connectivity index (χ1v) is 8.52. The van der Waals surface area contributed by atoms with Crippen LogP contribution in [0.2, 0.25) is 5.02 Å². The number of ether oxygens (including phenoxy) is 1. The fourth-order valence-electron chi connectivity index (χ4n) is 2.47. The van der Waals surface area contributed by atoms with Crippen molar-refractivity contribution in [2.24, 2.45) is 5.10 Å². The summed E-state index contributed by atoms with van der Waals surface area (Å²) in [7, 11) is 1.46. The van der Waals surface area contributed by atoms with Crippen LogP contribution in [0.15, 0.2) is 51.5 Å². The molecule has 1 aliphatic heterocycles. The lowest BCUT2D eigenvalue weighted by molar-refractivity contribution is -0.114. The molecule has 0 radical (unpaired) electrons. The Balaban J connectivity index is 2.01. The first-order valence-electron chi connectivity index (χ1n) is 7.35. The van der Waals surface area contributed by atoms with Gasteiger partial charge in [-0.25, -0.2) is 0 Å². The Labute approximate surface area is 158 Å². The number of aromatic hydroxyl groups is 1. The van der Waals surface area contributed by atoms with Gasteiger partial charge in [-0.2, -0.15) is 10.1 Å². The monoisotopic (exact) mass is 420 g/mol. The van der Waals surface area contributed by atoms with E-state index in [4.69, 9.17) is 16.3 Å². The van der Waals surface area contributed by atoms with Crippen molar-refractivity contribution in [1.82, 2.24) is 0 Å². The van der Waals surface area contributed by atoms with E-state index in [-0.39, 0.29) is 11.7 Å². The van der Waals surface area contributed by atoms with Gasteiger partial charge in [0.15, 0.2) is 11.5 Å². The van der Waals surface area contributed by atoms with E-state index in [2.05, 4.69) is 21.0 Å². The number of hydrogen-bond acceptors (Lipinski definition) is 4. The largest absolute Gasteiger partial charge is 0.503 e. The molecule has 5 nitrogen and oxygen atoms in total. The number of carbonyl (C=O) groups is 1. The van der Waals surface area contributed by atoms with Gasteiger partial charge in [0.25, 0.3) is 5.91 Å². The van der Waals surface area contributed by atoms with Crippen molar-refractivity contribution in [2.75, 3.05) is 12.1 Å². The lowest BCUT2D eigenvalue weighted by atomic mass is 10.1. The zero-order valence-electron chi connectivity index (χ0n) is 13.5. The fraction of sp³-hybridized carbons (Fsp3) is 0.111. The molecule has 7 heteroatoms. The zero-order valence-corrected chi connectivity index (χ0v) is 15.8. The van der Waals surface area contributed by atoms with Crippen molar-refractivity contribution < 1.29 is 14.6 Å². The molecule has 0 unspecified atom stereocenters. The van der Waals surface area contributed by atoms with Gasteiger partial charge in [-0.05, 0) is 58.8 Å². The molecule has 1 amide bonds. The molecule has 0 saturated carbocycles. The van der Waals surface area contributed by atoms with E-state index in [9.17, 15) is 9.90 Å². The van der Waals surface area contributed by atoms with Gasteiger partial charge < -0.3 is 9.84 Å². The molecule has 1 N–H and O–H groups in total. The average molecular weight is 422 g/mol. The molecule has 25 heavy (non-hydrogen) atoms. The highest BCUT2D eigenvalue weighted by Gasteiger charge is 2.29. The second-order valence-electron chi connectivity index (χ2n) is 5.37. The summed E-state index contributed by atoms with van der Waals surface area (Å²) < 4.78 is 5.61. The second kappa shape index (κ2) is 6.90. The Morgan fingerprint density at radius 1 is 1.32 bits per heavy atom. The lowest BCUT2D eigenvalue weighted by Gasteiger charge is -2.13. The van der Waals surface area contributed by atoms with Gasteiger partial charge in [-0.15, -0.1) is 0 Å². The number of phenolic OH excluding ortho intramolecular Hbond substituents is 1. The molecule has 0 aliphatic carbocycles. The molecule has 1 heterocycles. The third kappa shape index (κ3) is 3.27. The van der Waals surface area contributed by atoms with E-state index >= 15 is 0 Å². The molecule has 0 aromatic heterocycles. The molecule has 2 aromatic rings. The minimum atomic E-state index is -0.270. The third-order valence-corrected chi connectivity index (χ3v) is 4.65. The molecule has 0 bridgehead atoms. The Bertz CT molecular complexity index is 925. The van der Waals surface area contributed by atoms with Crippen molar-refractivity contribution in [2.45, 2.75) is 6.92 Å². The van der Waals surface area contributed by atoms with E-state index < -0.39 is 0 Å². The summed E-state index contributed by atoms with van der Waals surface area (Å²) in [5, 5.41) is 16.0. The van der Waals surface area contributed by atoms with E-state index in [0.29, 0.717) is 37.8 Å². The lowest BCUT2D eigenvalue weighted by Crippen LogP contribution is -2.21. The summed E-state index contributed by atoms with van der Waals surface area (Å²) in [6.07, 6.45) is 1.70. The van der Waals surface area contributed by atoms with Crippen molar-refractivity contribution in [3.8, 4) is 11.5 Å². The number of hydrazone groups is 1. The third-order valence-electron chi connectivity index (χ3n) is 3.72. The average Bonchev–Trinajstić information content (AvgIpc) is 2.86. The first kappa shape index (κ1) is 17.5. The van der Waals surface area contributed by atoms with Crippen LogP contribution in [0.25, 0.3) is 6.08 Å². The van der Waals surface area contributed by atoms with Gasteiger partial charge in [-0.3, -0.25) is 4.79 Å². The second-order valence-corrected chi connectivity index (χ2v) is 6.63. The number of hydrogen-bond donors (Lipinski definition) is 1. The van der Waals surface area contributed by atoms with Crippen LogP contribution in [0.1, 0.15) is 12.5 Å². The topological polar surface area (TPSA) is 62.1 Å². The van der Waals surface area contributed by atoms with Crippen molar-refractivity contribution >= 4 is 50.9 Å². The smallest absolute Gasteiger partial charge is 0.280 e. The van der Waals surface area contributed by atoms with Gasteiger partial charge in [0, 0.05) is 0 Å². The summed E-state index contributed by atoms with van der Waals surface area (Å²) >= 11 is 9.44. The maximum Gasteiger partial charge on any atom is 0.280 e. The van der Waals surface area contributed by atoms with Crippen LogP contribution in [-0.4, -0.2) is 23.8 Å². The van der Waals surface area contributed by atoms with E-state index in [1.165, 1.54) is 12.1 Å². The summed E-state index contributed by atoms with van der Waals surface area (Å²) in [6.45, 7) is 1.76. The molecular formula is C18H14BrClN2O3. The van der Waals surface area contributed by atoms with Crippen LogP contribution in [0.3, 0.4) is 0 Å². The maximum absolute atomic E-state index is 12.8. The Morgan fingerprint density at radius 3 is 2.72 bits per heavy atom. The first-order chi connectivity index (χ1) is 11.9. The molecular weight excluding hydrogens is 408 g/mol. The normalized spacial score (nSPS) is 15.7. The zero-order chi connectivity index (χ0) is 18.1. The summed E-state index contributed by atoms with van der Waals surface area (Å²) in [5.41, 5.74) is 2.24. The predicted octanol–water partition coefficient (Wildman–Crippen LogP) is 4.62. The van der Waals surface area contributed by atoms with Crippen LogP contribution >= 0.6 is 27.5 Å². The fourth-order valence-corrected chi connectivity index (χ4v) is 3.15. The van der Waals surface area contributed by atoms with Crippen LogP contribution in [0.5, 0.6) is 11.5 Å². The SMILES string of the molecule is COc1cc(/C=C2\C(=O)N(c3ccccc3Cl)N=C2C)cc(Br)c1O. The van der Waals surface area contributed by atoms with Crippen molar-refractivity contribution in [3.05, 3.63) is 57.0 Å². The molecule has 1 aliphatic rings. The highest BCUT2D eigenvalue weighted by atomic mass is 79.9. The number of anilines is 1. The minimum absolute atomic E-state index is 0.00508. The highest BCUT2D eigenvalue weighted by Crippen LogP contribution is 2.36. The van der Waals surface area contributed by atoms with Gasteiger partial charge in [-0.1, -0.05) is 23.7 Å². The van der Waals surface area contributed by atoms with Crippen molar-refractivity contribution in [3.63, 3.8) is 0 Å². The maximum atomic E-state index is 12.8. The summed E-state index contributed by atoms with van der Waals surface area (Å²) in [4.78, 5) is 12.8.